The third-order valence-corrected chi connectivity index (χ3v) is 2.50. The predicted octanol–water partition coefficient (Wildman–Crippen LogP) is 3.14. The summed E-state index contributed by atoms with van der Waals surface area (Å²) in [6.07, 6.45) is 4.75. The molecule has 1 aromatic carbocycles. The highest BCUT2D eigenvalue weighted by molar-refractivity contribution is 7.80. The van der Waals surface area contributed by atoms with Crippen molar-refractivity contribution in [3.8, 4) is 5.75 Å². The van der Waals surface area contributed by atoms with E-state index >= 15 is 0 Å². The van der Waals surface area contributed by atoms with Crippen molar-refractivity contribution in [1.29, 1.82) is 0 Å². The Morgan fingerprint density at radius 3 is 2.67 bits per heavy atom. The molecule has 0 radical (unpaired) electrons. The molecule has 2 nitrogen and oxygen atoms in total. The third-order valence-electron chi connectivity index (χ3n) is 2.18. The van der Waals surface area contributed by atoms with Crippen LogP contribution in [0.15, 0.2) is 24.3 Å². The van der Waals surface area contributed by atoms with E-state index in [4.69, 9.17) is 10.5 Å². The molecule has 0 saturated heterocycles. The fraction of sp³-hybridized carbons (Fsp3) is 0.500. The van der Waals surface area contributed by atoms with E-state index in [1.807, 2.05) is 24.3 Å². The monoisotopic (exact) mass is 225 g/mol. The zero-order valence-corrected chi connectivity index (χ0v) is 9.88. The van der Waals surface area contributed by atoms with E-state index in [9.17, 15) is 0 Å². The Morgan fingerprint density at radius 1 is 1.13 bits per heavy atom. The minimum atomic E-state index is 0.752. The number of nitrogens with two attached hydrogens (primary N) is 1. The lowest BCUT2D eigenvalue weighted by molar-refractivity contribution is 0.305. The van der Waals surface area contributed by atoms with Crippen LogP contribution in [-0.4, -0.2) is 12.4 Å². The molecule has 0 unspecified atom stereocenters. The summed E-state index contributed by atoms with van der Waals surface area (Å²) >= 11 is 4.17. The van der Waals surface area contributed by atoms with Gasteiger partial charge in [0.2, 0.25) is 0 Å². The highest BCUT2D eigenvalue weighted by Gasteiger charge is 1.94. The molecule has 0 aliphatic rings. The van der Waals surface area contributed by atoms with E-state index < -0.39 is 0 Å². The van der Waals surface area contributed by atoms with Gasteiger partial charge in [-0.05, 0) is 30.7 Å². The number of benzene rings is 1. The maximum atomic E-state index is 5.64. The molecule has 0 aromatic heterocycles. The molecule has 0 spiro atoms. The minimum Gasteiger partial charge on any atom is -0.494 e. The summed E-state index contributed by atoms with van der Waals surface area (Å²) in [4.78, 5) is 0. The van der Waals surface area contributed by atoms with Crippen molar-refractivity contribution in [2.75, 3.05) is 18.1 Å². The van der Waals surface area contributed by atoms with E-state index in [1.54, 1.807) is 0 Å². The molecule has 1 aromatic rings. The molecule has 3 heteroatoms. The fourth-order valence-corrected chi connectivity index (χ4v) is 1.59. The molecule has 0 bridgehead atoms. The van der Waals surface area contributed by atoms with Gasteiger partial charge in [0.05, 0.1) is 6.61 Å². The summed E-state index contributed by atoms with van der Waals surface area (Å²) in [5.41, 5.74) is 6.39. The Kier molecular flexibility index (Phi) is 6.09. The number of rotatable bonds is 7. The van der Waals surface area contributed by atoms with E-state index in [1.165, 1.54) is 19.3 Å². The SMILES string of the molecule is Nc1cccc(OCCCCCCS)c1. The average molecular weight is 225 g/mol. The van der Waals surface area contributed by atoms with Gasteiger partial charge in [-0.1, -0.05) is 18.9 Å². The van der Waals surface area contributed by atoms with Crippen LogP contribution in [-0.2, 0) is 0 Å². The smallest absolute Gasteiger partial charge is 0.121 e. The van der Waals surface area contributed by atoms with E-state index in [0.29, 0.717) is 0 Å². The van der Waals surface area contributed by atoms with Crippen molar-refractivity contribution >= 4 is 18.3 Å². The molecule has 84 valence electrons. The quantitative estimate of drug-likeness (QED) is 0.425. The lowest BCUT2D eigenvalue weighted by atomic mass is 10.2. The zero-order chi connectivity index (χ0) is 10.9. The van der Waals surface area contributed by atoms with Crippen molar-refractivity contribution in [3.63, 3.8) is 0 Å². The second-order valence-corrected chi connectivity index (χ2v) is 4.01. The lowest BCUT2D eigenvalue weighted by Gasteiger charge is -2.06. The van der Waals surface area contributed by atoms with Crippen LogP contribution in [0.1, 0.15) is 25.7 Å². The molecule has 0 fully saturated rings. The normalized spacial score (nSPS) is 10.2. The maximum absolute atomic E-state index is 5.64. The summed E-state index contributed by atoms with van der Waals surface area (Å²) in [5.74, 6) is 1.85. The van der Waals surface area contributed by atoms with Gasteiger partial charge in [0.25, 0.3) is 0 Å². The Hall–Kier alpha value is -0.830. The second-order valence-electron chi connectivity index (χ2n) is 3.56. The number of thiol groups is 1. The molecule has 15 heavy (non-hydrogen) atoms. The Labute approximate surface area is 97.2 Å². The molecule has 0 saturated carbocycles. The van der Waals surface area contributed by atoms with Crippen LogP contribution in [0.3, 0.4) is 0 Å². The lowest BCUT2D eigenvalue weighted by Crippen LogP contribution is -1.97. The van der Waals surface area contributed by atoms with Crippen LogP contribution in [0.4, 0.5) is 5.69 Å². The molecular formula is C12H19NOS. The third kappa shape index (κ3) is 5.57. The van der Waals surface area contributed by atoms with Crippen LogP contribution in [0.2, 0.25) is 0 Å². The van der Waals surface area contributed by atoms with Gasteiger partial charge in [-0.15, -0.1) is 0 Å². The molecule has 0 amide bonds. The van der Waals surface area contributed by atoms with Gasteiger partial charge >= 0.3 is 0 Å². The van der Waals surface area contributed by atoms with Crippen molar-refractivity contribution in [3.05, 3.63) is 24.3 Å². The highest BCUT2D eigenvalue weighted by atomic mass is 32.1. The van der Waals surface area contributed by atoms with Gasteiger partial charge in [0.1, 0.15) is 5.75 Å². The molecule has 0 atom stereocenters. The molecule has 1 rings (SSSR count). The number of anilines is 1. The van der Waals surface area contributed by atoms with Crippen LogP contribution in [0.25, 0.3) is 0 Å². The van der Waals surface area contributed by atoms with Crippen LogP contribution < -0.4 is 10.5 Å². The molecule has 0 aliphatic carbocycles. The number of nitrogen functional groups attached to an aromatic ring is 1. The second kappa shape index (κ2) is 7.46. The number of hydrogen-bond acceptors (Lipinski definition) is 3. The highest BCUT2D eigenvalue weighted by Crippen LogP contribution is 2.14. The summed E-state index contributed by atoms with van der Waals surface area (Å²) in [5, 5.41) is 0. The summed E-state index contributed by atoms with van der Waals surface area (Å²) < 4.78 is 5.57. The van der Waals surface area contributed by atoms with E-state index in [-0.39, 0.29) is 0 Å². The maximum Gasteiger partial charge on any atom is 0.121 e. The van der Waals surface area contributed by atoms with Gasteiger partial charge in [-0.2, -0.15) is 12.6 Å². The molecule has 0 heterocycles. The topological polar surface area (TPSA) is 35.2 Å². The van der Waals surface area contributed by atoms with Crippen LogP contribution in [0.5, 0.6) is 5.75 Å². The standard InChI is InChI=1S/C12H19NOS/c13-11-6-5-7-12(10-11)14-8-3-1-2-4-9-15/h5-7,10,15H,1-4,8-9,13H2. The first-order valence-corrected chi connectivity index (χ1v) is 6.05. The Morgan fingerprint density at radius 2 is 1.93 bits per heavy atom. The van der Waals surface area contributed by atoms with Gasteiger partial charge in [-0.3, -0.25) is 0 Å². The van der Waals surface area contributed by atoms with Gasteiger partial charge in [0.15, 0.2) is 0 Å². The first-order chi connectivity index (χ1) is 7.33. The average Bonchev–Trinajstić information content (AvgIpc) is 2.23. The number of ether oxygens (including phenoxy) is 1. The fourth-order valence-electron chi connectivity index (χ4n) is 1.36. The molecule has 2 N–H and O–H groups in total. The number of unbranched alkanes of at least 4 members (excludes halogenated alkanes) is 3. The van der Waals surface area contributed by atoms with Crippen molar-refractivity contribution in [2.24, 2.45) is 0 Å². The van der Waals surface area contributed by atoms with Crippen molar-refractivity contribution in [1.82, 2.24) is 0 Å². The minimum absolute atomic E-state index is 0.752. The van der Waals surface area contributed by atoms with Crippen molar-refractivity contribution in [2.45, 2.75) is 25.7 Å². The molecule has 0 aliphatic heterocycles. The van der Waals surface area contributed by atoms with E-state index in [0.717, 1.165) is 30.2 Å². The van der Waals surface area contributed by atoms with E-state index in [2.05, 4.69) is 12.6 Å². The summed E-state index contributed by atoms with van der Waals surface area (Å²) in [6, 6.07) is 7.56. The van der Waals surface area contributed by atoms with Crippen LogP contribution >= 0.6 is 12.6 Å². The number of hydrogen-bond donors (Lipinski definition) is 2. The zero-order valence-electron chi connectivity index (χ0n) is 8.98. The Bertz CT molecular complexity index is 278. The largest absolute Gasteiger partial charge is 0.494 e. The first-order valence-electron chi connectivity index (χ1n) is 5.42. The predicted molar refractivity (Wildman–Crippen MR) is 68.7 cm³/mol. The van der Waals surface area contributed by atoms with Crippen LogP contribution in [0, 0.1) is 0 Å². The molecular weight excluding hydrogens is 206 g/mol. The van der Waals surface area contributed by atoms with Gasteiger partial charge < -0.3 is 10.5 Å². The first kappa shape index (κ1) is 12.2. The Balaban J connectivity index is 2.10. The summed E-state index contributed by atoms with van der Waals surface area (Å²) in [7, 11) is 0. The van der Waals surface area contributed by atoms with Gasteiger partial charge in [0, 0.05) is 11.8 Å². The summed E-state index contributed by atoms with van der Waals surface area (Å²) in [6.45, 7) is 0.774. The van der Waals surface area contributed by atoms with Crippen molar-refractivity contribution < 1.29 is 4.74 Å². The van der Waals surface area contributed by atoms with Gasteiger partial charge in [-0.25, -0.2) is 0 Å².